The Hall–Kier alpha value is -1.08. The van der Waals surface area contributed by atoms with E-state index in [-0.39, 0.29) is 0 Å². The van der Waals surface area contributed by atoms with Crippen LogP contribution in [0.15, 0.2) is 47.6 Å². The first kappa shape index (κ1) is 22.6. The van der Waals surface area contributed by atoms with E-state index in [9.17, 15) is 5.11 Å². The summed E-state index contributed by atoms with van der Waals surface area (Å²) in [4.78, 5) is 0. The molecule has 162 valence electrons. The van der Waals surface area contributed by atoms with Crippen LogP contribution in [0.2, 0.25) is 0 Å². The summed E-state index contributed by atoms with van der Waals surface area (Å²) in [7, 11) is 0. The van der Waals surface area contributed by atoms with Crippen LogP contribution in [0.4, 0.5) is 0 Å². The molecule has 3 aliphatic carbocycles. The molecule has 0 saturated heterocycles. The number of hydrogen-bond donors (Lipinski definition) is 1. The lowest BCUT2D eigenvalue weighted by molar-refractivity contribution is 0.126. The van der Waals surface area contributed by atoms with E-state index < -0.39 is 6.10 Å². The third-order valence-corrected chi connectivity index (χ3v) is 8.23. The van der Waals surface area contributed by atoms with Crippen molar-refractivity contribution >= 4 is 0 Å². The van der Waals surface area contributed by atoms with Gasteiger partial charge in [0.25, 0.3) is 0 Å². The Morgan fingerprint density at radius 1 is 1.07 bits per heavy atom. The maximum Gasteiger partial charge on any atom is 0.0995 e. The van der Waals surface area contributed by atoms with Crippen LogP contribution in [0.25, 0.3) is 0 Å². The summed E-state index contributed by atoms with van der Waals surface area (Å²) in [6.45, 7) is 17.8. The smallest absolute Gasteiger partial charge is 0.0995 e. The van der Waals surface area contributed by atoms with Gasteiger partial charge in [0.15, 0.2) is 0 Å². The van der Waals surface area contributed by atoms with Crippen molar-refractivity contribution in [1.82, 2.24) is 0 Å². The van der Waals surface area contributed by atoms with E-state index in [4.69, 9.17) is 0 Å². The van der Waals surface area contributed by atoms with E-state index in [2.05, 4.69) is 53.0 Å². The maximum absolute atomic E-state index is 10.3. The lowest BCUT2D eigenvalue weighted by Crippen LogP contribution is -2.33. The van der Waals surface area contributed by atoms with Crippen LogP contribution in [-0.2, 0) is 0 Å². The number of aliphatic hydroxyl groups is 1. The van der Waals surface area contributed by atoms with Crippen LogP contribution in [-0.4, -0.2) is 11.2 Å². The van der Waals surface area contributed by atoms with E-state index >= 15 is 0 Å². The van der Waals surface area contributed by atoms with Crippen molar-refractivity contribution in [3.8, 4) is 0 Å². The quantitative estimate of drug-likeness (QED) is 0.369. The molecule has 1 nitrogen and oxygen atoms in total. The molecule has 3 fully saturated rings. The van der Waals surface area contributed by atoms with Crippen molar-refractivity contribution in [2.75, 3.05) is 0 Å². The third-order valence-electron chi connectivity index (χ3n) is 8.23. The molecule has 0 aliphatic heterocycles. The summed E-state index contributed by atoms with van der Waals surface area (Å²) < 4.78 is 0. The second-order valence-corrected chi connectivity index (χ2v) is 11.5. The molecule has 3 rings (SSSR count). The van der Waals surface area contributed by atoms with Crippen LogP contribution >= 0.6 is 0 Å². The highest BCUT2D eigenvalue weighted by atomic mass is 16.3. The van der Waals surface area contributed by atoms with Gasteiger partial charge in [-0.25, -0.2) is 0 Å². The van der Waals surface area contributed by atoms with Crippen LogP contribution in [0.3, 0.4) is 0 Å². The highest BCUT2D eigenvalue weighted by Gasteiger charge is 2.48. The Balaban J connectivity index is 1.65. The Bertz CT molecular complexity index is 686. The van der Waals surface area contributed by atoms with Crippen LogP contribution < -0.4 is 0 Å². The molecule has 0 heterocycles. The van der Waals surface area contributed by atoms with Gasteiger partial charge in [-0.05, 0) is 97.2 Å². The average molecular weight is 397 g/mol. The normalized spacial score (nSPS) is 36.1. The van der Waals surface area contributed by atoms with E-state index in [0.29, 0.717) is 10.8 Å². The van der Waals surface area contributed by atoms with Gasteiger partial charge in [0.05, 0.1) is 6.10 Å². The summed E-state index contributed by atoms with van der Waals surface area (Å²) in [6.07, 6.45) is 18.3. The Morgan fingerprint density at radius 2 is 1.83 bits per heavy atom. The molecule has 1 N–H and O–H groups in total. The Kier molecular flexibility index (Phi) is 6.99. The monoisotopic (exact) mass is 396 g/mol. The first-order valence-electron chi connectivity index (χ1n) is 12.1. The first-order chi connectivity index (χ1) is 13.6. The van der Waals surface area contributed by atoms with Gasteiger partial charge in [0, 0.05) is 0 Å². The highest BCUT2D eigenvalue weighted by Crippen LogP contribution is 2.58. The minimum atomic E-state index is -0.547. The topological polar surface area (TPSA) is 20.2 Å². The molecule has 3 aliphatic rings. The van der Waals surface area contributed by atoms with Crippen LogP contribution in [0.1, 0.15) is 98.3 Å². The molecule has 0 bridgehead atoms. The summed E-state index contributed by atoms with van der Waals surface area (Å²) in [6, 6.07) is 0. The Labute approximate surface area is 180 Å². The predicted molar refractivity (Wildman–Crippen MR) is 126 cm³/mol. The summed E-state index contributed by atoms with van der Waals surface area (Å²) in [5.74, 6) is 1.66. The number of aliphatic hydroxyl groups excluding tert-OH is 1. The number of rotatable bonds is 5. The van der Waals surface area contributed by atoms with Crippen LogP contribution in [0, 0.1) is 22.7 Å². The maximum atomic E-state index is 10.3. The van der Waals surface area contributed by atoms with Crippen molar-refractivity contribution in [1.29, 1.82) is 0 Å². The van der Waals surface area contributed by atoms with Gasteiger partial charge < -0.3 is 5.11 Å². The largest absolute Gasteiger partial charge is 0.384 e. The van der Waals surface area contributed by atoms with Gasteiger partial charge in [0.1, 0.15) is 0 Å². The van der Waals surface area contributed by atoms with Crippen molar-refractivity contribution in [3.63, 3.8) is 0 Å². The molecule has 0 aromatic rings. The van der Waals surface area contributed by atoms with Gasteiger partial charge in [-0.2, -0.15) is 0 Å². The van der Waals surface area contributed by atoms with Gasteiger partial charge in [0.2, 0.25) is 0 Å². The molecule has 0 radical (unpaired) electrons. The van der Waals surface area contributed by atoms with Gasteiger partial charge >= 0.3 is 0 Å². The van der Waals surface area contributed by atoms with Gasteiger partial charge in [-0.3, -0.25) is 0 Å². The Morgan fingerprint density at radius 3 is 2.55 bits per heavy atom. The molecular weight excluding hydrogens is 352 g/mol. The van der Waals surface area contributed by atoms with E-state index in [1.54, 1.807) is 5.57 Å². The lowest BCUT2D eigenvalue weighted by Gasteiger charge is -2.42. The van der Waals surface area contributed by atoms with Gasteiger partial charge in [-0.1, -0.05) is 71.4 Å². The summed E-state index contributed by atoms with van der Waals surface area (Å²) in [5.41, 5.74) is 5.63. The number of unbranched alkanes of at least 4 members (excludes halogenated alkanes) is 1. The van der Waals surface area contributed by atoms with Crippen molar-refractivity contribution in [2.45, 2.75) is 104 Å². The summed E-state index contributed by atoms with van der Waals surface area (Å²) in [5, 5.41) is 10.3. The SMILES string of the molecule is C=C1CC/C(=C/C=C2\CCCC3(C)C(CCCCC(C)(C)C)CCC23)C(=C)C1O. The highest BCUT2D eigenvalue weighted by molar-refractivity contribution is 5.43. The number of fused-ring (bicyclic) bond motifs is 1. The predicted octanol–water partition coefficient (Wildman–Crippen LogP) is 7.93. The van der Waals surface area contributed by atoms with E-state index in [1.807, 2.05) is 0 Å². The van der Waals surface area contributed by atoms with Crippen molar-refractivity contribution in [3.05, 3.63) is 47.6 Å². The molecule has 0 amide bonds. The molecule has 0 aromatic carbocycles. The molecule has 0 aromatic heterocycles. The number of hydrogen-bond acceptors (Lipinski definition) is 1. The van der Waals surface area contributed by atoms with Gasteiger partial charge in [-0.15, -0.1) is 0 Å². The zero-order valence-corrected chi connectivity index (χ0v) is 19.5. The molecule has 29 heavy (non-hydrogen) atoms. The van der Waals surface area contributed by atoms with Crippen molar-refractivity contribution in [2.24, 2.45) is 22.7 Å². The average Bonchev–Trinajstić information content (AvgIpc) is 2.99. The summed E-state index contributed by atoms with van der Waals surface area (Å²) >= 11 is 0. The minimum absolute atomic E-state index is 0.472. The standard InChI is InChI=1S/C28H44O/c1-20-12-13-22(21(2)26(20)29)14-15-23-10-9-19-28(6)24(16-17-25(23)28)11-7-8-18-27(3,4)5/h14-15,24-26,29H,1-2,7-13,16-19H2,3-6H3/b22-14-,23-15+. The molecule has 3 saturated carbocycles. The lowest BCUT2D eigenvalue weighted by atomic mass is 9.62. The second-order valence-electron chi connectivity index (χ2n) is 11.5. The van der Waals surface area contributed by atoms with Crippen molar-refractivity contribution < 1.29 is 5.11 Å². The zero-order chi connectivity index (χ0) is 21.2. The molecule has 4 atom stereocenters. The minimum Gasteiger partial charge on any atom is -0.384 e. The first-order valence-corrected chi connectivity index (χ1v) is 12.1. The van der Waals surface area contributed by atoms with E-state index in [0.717, 1.165) is 35.8 Å². The van der Waals surface area contributed by atoms with E-state index in [1.165, 1.54) is 63.4 Å². The fourth-order valence-electron chi connectivity index (χ4n) is 6.28. The molecule has 4 unspecified atom stereocenters. The molecular formula is C28H44O. The number of allylic oxidation sites excluding steroid dienone is 3. The zero-order valence-electron chi connectivity index (χ0n) is 19.5. The fraction of sp³-hybridized carbons (Fsp3) is 0.714. The molecule has 1 heteroatoms. The second kappa shape index (κ2) is 8.96. The van der Waals surface area contributed by atoms with Crippen LogP contribution in [0.5, 0.6) is 0 Å². The molecule has 0 spiro atoms. The third kappa shape index (κ3) is 5.16. The fourth-order valence-corrected chi connectivity index (χ4v) is 6.28.